The van der Waals surface area contributed by atoms with Crippen LogP contribution in [0.1, 0.15) is 35.7 Å². The second-order valence-corrected chi connectivity index (χ2v) is 8.08. The Bertz CT molecular complexity index is 1150. The predicted molar refractivity (Wildman–Crippen MR) is 140 cm³/mol. The number of anilines is 3. The van der Waals surface area contributed by atoms with Gasteiger partial charge in [-0.1, -0.05) is 25.6 Å². The van der Waals surface area contributed by atoms with Crippen molar-refractivity contribution in [3.05, 3.63) is 60.1 Å². The Morgan fingerprint density at radius 1 is 1.33 bits per heavy atom. The lowest BCUT2D eigenvalue weighted by Crippen LogP contribution is -2.38. The average Bonchev–Trinajstić information content (AvgIpc) is 2.90. The first-order chi connectivity index (χ1) is 17.4. The Labute approximate surface area is 210 Å². The van der Waals surface area contributed by atoms with E-state index in [4.69, 9.17) is 16.2 Å². The number of hydrogen-bond acceptors (Lipinski definition) is 9. The summed E-state index contributed by atoms with van der Waals surface area (Å²) in [6.07, 6.45) is 7.86. The van der Waals surface area contributed by atoms with Gasteiger partial charge in [0.1, 0.15) is 17.1 Å². The molecule has 1 fully saturated rings. The van der Waals surface area contributed by atoms with Crippen molar-refractivity contribution < 1.29 is 14.3 Å². The number of aromatic nitrogens is 2. The van der Waals surface area contributed by atoms with E-state index in [1.807, 2.05) is 25.1 Å². The molecule has 1 aromatic carbocycles. The lowest BCUT2D eigenvalue weighted by molar-refractivity contribution is -0.126. The minimum Gasteiger partial charge on any atom is -0.495 e. The van der Waals surface area contributed by atoms with E-state index >= 15 is 0 Å². The first-order valence-corrected chi connectivity index (χ1v) is 11.6. The van der Waals surface area contributed by atoms with Gasteiger partial charge in [-0.3, -0.25) is 14.6 Å². The number of likely N-dealkylation sites (tertiary alicyclic amines) is 1. The quantitative estimate of drug-likeness (QED) is 0.290. The van der Waals surface area contributed by atoms with Gasteiger partial charge in [0, 0.05) is 31.7 Å². The summed E-state index contributed by atoms with van der Waals surface area (Å²) in [5, 5.41) is 6.20. The van der Waals surface area contributed by atoms with Gasteiger partial charge in [-0.25, -0.2) is 4.98 Å². The Kier molecular flexibility index (Phi) is 8.98. The molecular weight excluding hydrogens is 460 g/mol. The third kappa shape index (κ3) is 6.38. The summed E-state index contributed by atoms with van der Waals surface area (Å²) in [6.45, 7) is 6.79. The maximum absolute atomic E-state index is 12.0. The molecule has 11 heteroatoms. The van der Waals surface area contributed by atoms with Crippen LogP contribution in [0.2, 0.25) is 0 Å². The molecule has 2 aromatic rings. The van der Waals surface area contributed by atoms with Crippen LogP contribution in [-0.4, -0.2) is 59.1 Å². The second-order valence-electron chi connectivity index (χ2n) is 8.08. The Hall–Kier alpha value is -4.41. The number of aryl methyl sites for hydroxylation is 1. The molecule has 2 heterocycles. The number of amides is 2. The van der Waals surface area contributed by atoms with E-state index in [0.717, 1.165) is 24.8 Å². The number of hydrogen-bond donors (Lipinski definition) is 4. The zero-order valence-electron chi connectivity index (χ0n) is 20.5. The fourth-order valence-corrected chi connectivity index (χ4v) is 3.82. The van der Waals surface area contributed by atoms with Crippen LogP contribution in [0.5, 0.6) is 5.75 Å². The number of para-hydroxylation sites is 1. The zero-order valence-corrected chi connectivity index (χ0v) is 20.5. The molecule has 0 aliphatic carbocycles. The standard InChI is InChI=1S/C25H32N8O3/c1-4-16-7-6-8-20(36-3)22(16)31-24-19(23(27)35)15-29-25(32-24)30-18(13-26)14-28-17-9-11-33(12-10-17)21(34)5-2/h5-8,13-15,17H,2,4,9-12,26H2,1,3H3,(H2,27,35)(H2,29,30,31,32). The second kappa shape index (κ2) is 12.3. The molecule has 0 unspecified atom stereocenters. The summed E-state index contributed by atoms with van der Waals surface area (Å²) in [4.78, 5) is 38.8. The number of rotatable bonds is 10. The van der Waals surface area contributed by atoms with Crippen LogP contribution in [0.3, 0.4) is 0 Å². The van der Waals surface area contributed by atoms with E-state index in [0.29, 0.717) is 30.2 Å². The normalized spacial score (nSPS) is 14.5. The SMILES string of the molecule is C=CC(=O)N1CCC(N=CC(=CN)Nc2ncc(C(N)=O)c(Nc3c(CC)cccc3OC)n2)CC1. The van der Waals surface area contributed by atoms with E-state index < -0.39 is 5.91 Å². The fraction of sp³-hybridized carbons (Fsp3) is 0.320. The molecule has 190 valence electrons. The summed E-state index contributed by atoms with van der Waals surface area (Å²) >= 11 is 0. The maximum Gasteiger partial charge on any atom is 0.254 e. The van der Waals surface area contributed by atoms with E-state index in [1.165, 1.54) is 18.5 Å². The summed E-state index contributed by atoms with van der Waals surface area (Å²) in [6, 6.07) is 5.72. The summed E-state index contributed by atoms with van der Waals surface area (Å²) in [5.41, 5.74) is 13.6. The van der Waals surface area contributed by atoms with Crippen LogP contribution >= 0.6 is 0 Å². The molecule has 0 radical (unpaired) electrons. The number of allylic oxidation sites excluding steroid dienone is 1. The van der Waals surface area contributed by atoms with Crippen molar-refractivity contribution in [1.29, 1.82) is 0 Å². The van der Waals surface area contributed by atoms with E-state index in [1.54, 1.807) is 18.2 Å². The van der Waals surface area contributed by atoms with Crippen molar-refractivity contribution in [2.75, 3.05) is 30.8 Å². The number of ether oxygens (including phenoxy) is 1. The number of carbonyl (C=O) groups excluding carboxylic acids is 2. The van der Waals surface area contributed by atoms with Crippen molar-refractivity contribution in [1.82, 2.24) is 14.9 Å². The molecule has 2 amide bonds. The highest BCUT2D eigenvalue weighted by molar-refractivity contribution is 5.98. The van der Waals surface area contributed by atoms with E-state index in [2.05, 4.69) is 32.2 Å². The molecule has 0 saturated carbocycles. The molecule has 11 nitrogen and oxygen atoms in total. The minimum absolute atomic E-state index is 0.0593. The summed E-state index contributed by atoms with van der Waals surface area (Å²) < 4.78 is 5.48. The number of piperidine rings is 1. The first kappa shape index (κ1) is 26.2. The van der Waals surface area contributed by atoms with Crippen LogP contribution in [0.25, 0.3) is 0 Å². The van der Waals surface area contributed by atoms with Gasteiger partial charge in [-0.05, 0) is 37.0 Å². The van der Waals surface area contributed by atoms with Gasteiger partial charge in [0.05, 0.1) is 24.5 Å². The number of aliphatic imine (C=N–C) groups is 1. The third-order valence-corrected chi connectivity index (χ3v) is 5.82. The molecule has 0 bridgehead atoms. The predicted octanol–water partition coefficient (Wildman–Crippen LogP) is 2.35. The van der Waals surface area contributed by atoms with Gasteiger partial charge >= 0.3 is 0 Å². The van der Waals surface area contributed by atoms with Crippen LogP contribution < -0.4 is 26.8 Å². The Morgan fingerprint density at radius 3 is 2.69 bits per heavy atom. The van der Waals surface area contributed by atoms with Crippen molar-refractivity contribution in [2.45, 2.75) is 32.2 Å². The molecule has 1 aromatic heterocycles. The third-order valence-electron chi connectivity index (χ3n) is 5.82. The van der Waals surface area contributed by atoms with Crippen LogP contribution in [0.15, 0.2) is 53.9 Å². The highest BCUT2D eigenvalue weighted by Crippen LogP contribution is 2.32. The van der Waals surface area contributed by atoms with Crippen molar-refractivity contribution in [3.8, 4) is 5.75 Å². The Balaban J connectivity index is 1.77. The van der Waals surface area contributed by atoms with E-state index in [9.17, 15) is 9.59 Å². The van der Waals surface area contributed by atoms with Crippen molar-refractivity contribution in [2.24, 2.45) is 16.5 Å². The molecule has 0 spiro atoms. The maximum atomic E-state index is 12.0. The number of nitrogens with one attached hydrogen (secondary N) is 2. The average molecular weight is 493 g/mol. The summed E-state index contributed by atoms with van der Waals surface area (Å²) in [5.74, 6) is 0.293. The molecule has 36 heavy (non-hydrogen) atoms. The van der Waals surface area contributed by atoms with Gasteiger partial charge in [0.15, 0.2) is 0 Å². The zero-order chi connectivity index (χ0) is 26.1. The van der Waals surface area contributed by atoms with Gasteiger partial charge in [0.2, 0.25) is 11.9 Å². The fourth-order valence-electron chi connectivity index (χ4n) is 3.82. The van der Waals surface area contributed by atoms with Gasteiger partial charge in [0.25, 0.3) is 5.91 Å². The molecule has 1 aliphatic rings. The largest absolute Gasteiger partial charge is 0.495 e. The molecule has 6 N–H and O–H groups in total. The van der Waals surface area contributed by atoms with Crippen molar-refractivity contribution in [3.63, 3.8) is 0 Å². The molecular formula is C25H32N8O3. The highest BCUT2D eigenvalue weighted by atomic mass is 16.5. The molecule has 1 saturated heterocycles. The first-order valence-electron chi connectivity index (χ1n) is 11.6. The smallest absolute Gasteiger partial charge is 0.254 e. The lowest BCUT2D eigenvalue weighted by Gasteiger charge is -2.29. The number of benzene rings is 1. The van der Waals surface area contributed by atoms with Gasteiger partial charge < -0.3 is 31.7 Å². The van der Waals surface area contributed by atoms with E-state index in [-0.39, 0.29) is 29.3 Å². The monoisotopic (exact) mass is 492 g/mol. The van der Waals surface area contributed by atoms with Crippen LogP contribution in [0.4, 0.5) is 17.5 Å². The molecule has 3 rings (SSSR count). The number of methoxy groups -OCH3 is 1. The van der Waals surface area contributed by atoms with Crippen molar-refractivity contribution >= 4 is 35.5 Å². The topological polar surface area (TPSA) is 161 Å². The molecule has 1 aliphatic heterocycles. The number of nitrogens with zero attached hydrogens (tertiary/aromatic N) is 4. The highest BCUT2D eigenvalue weighted by Gasteiger charge is 2.20. The van der Waals surface area contributed by atoms with Crippen LogP contribution in [-0.2, 0) is 11.2 Å². The number of primary amides is 1. The number of nitrogens with two attached hydrogens (primary N) is 2. The lowest BCUT2D eigenvalue weighted by atomic mass is 10.1. The molecule has 0 atom stereocenters. The summed E-state index contributed by atoms with van der Waals surface area (Å²) in [7, 11) is 1.57. The van der Waals surface area contributed by atoms with Crippen LogP contribution in [0, 0.1) is 0 Å². The van der Waals surface area contributed by atoms with Gasteiger partial charge in [-0.2, -0.15) is 4.98 Å². The minimum atomic E-state index is -0.672. The van der Waals surface area contributed by atoms with Gasteiger partial charge in [-0.15, -0.1) is 0 Å². The Morgan fingerprint density at radius 2 is 2.08 bits per heavy atom. The number of carbonyl (C=O) groups is 2.